The smallest absolute Gasteiger partial charge is 0.0215 e. The Labute approximate surface area is 77.7 Å². The van der Waals surface area contributed by atoms with Crippen LogP contribution in [0.2, 0.25) is 0 Å². The summed E-state index contributed by atoms with van der Waals surface area (Å²) in [5, 5.41) is 0. The Morgan fingerprint density at radius 1 is 1.25 bits per heavy atom. The lowest BCUT2D eigenvalue weighted by atomic mass is 9.83. The average Bonchev–Trinajstić information content (AvgIpc) is 2.39. The van der Waals surface area contributed by atoms with E-state index in [0.29, 0.717) is 10.8 Å². The third-order valence-electron chi connectivity index (χ3n) is 4.97. The highest BCUT2D eigenvalue weighted by Crippen LogP contribution is 2.74. The van der Waals surface area contributed by atoms with Crippen LogP contribution in [-0.4, -0.2) is 0 Å². The van der Waals surface area contributed by atoms with Crippen LogP contribution in [0.4, 0.5) is 0 Å². The maximum Gasteiger partial charge on any atom is -0.0215 e. The third-order valence-corrected chi connectivity index (χ3v) is 4.97. The Hall–Kier alpha value is 0. The van der Waals surface area contributed by atoms with Crippen molar-refractivity contribution in [1.29, 1.82) is 0 Å². The summed E-state index contributed by atoms with van der Waals surface area (Å²) in [6, 6.07) is 0. The van der Waals surface area contributed by atoms with Crippen molar-refractivity contribution in [2.45, 2.75) is 54.4 Å². The highest BCUT2D eigenvalue weighted by Gasteiger charge is 2.68. The second-order valence-electron chi connectivity index (χ2n) is 5.33. The second-order valence-corrected chi connectivity index (χ2v) is 5.33. The number of hydrogen-bond donors (Lipinski definition) is 0. The molecule has 1 aliphatic carbocycles. The number of rotatable bonds is 3. The van der Waals surface area contributed by atoms with E-state index >= 15 is 0 Å². The zero-order chi connectivity index (χ0) is 9.57. The molecule has 1 saturated carbocycles. The molecule has 3 unspecified atom stereocenters. The van der Waals surface area contributed by atoms with Crippen molar-refractivity contribution in [3.8, 4) is 0 Å². The molecule has 0 aromatic carbocycles. The highest BCUT2D eigenvalue weighted by molar-refractivity contribution is 5.15. The molecular formula is C12H24. The van der Waals surface area contributed by atoms with Crippen LogP contribution in [0.15, 0.2) is 0 Å². The predicted molar refractivity (Wildman–Crippen MR) is 55.1 cm³/mol. The summed E-state index contributed by atoms with van der Waals surface area (Å²) in [6.07, 6.45) is 2.74. The first-order chi connectivity index (χ1) is 5.41. The van der Waals surface area contributed by atoms with E-state index < -0.39 is 0 Å². The molecule has 0 heteroatoms. The molecular weight excluding hydrogens is 144 g/mol. The summed E-state index contributed by atoms with van der Waals surface area (Å²) >= 11 is 0. The number of hydrogen-bond acceptors (Lipinski definition) is 0. The summed E-state index contributed by atoms with van der Waals surface area (Å²) < 4.78 is 0. The van der Waals surface area contributed by atoms with Gasteiger partial charge in [0.05, 0.1) is 0 Å². The Bertz CT molecular complexity index is 171. The molecule has 0 aliphatic heterocycles. The Morgan fingerprint density at radius 3 is 2.00 bits per heavy atom. The molecule has 0 saturated heterocycles. The van der Waals surface area contributed by atoms with Gasteiger partial charge in [-0.15, -0.1) is 0 Å². The van der Waals surface area contributed by atoms with Crippen LogP contribution in [0.5, 0.6) is 0 Å². The predicted octanol–water partition coefficient (Wildman–Crippen LogP) is 4.10. The molecule has 0 radical (unpaired) electrons. The molecule has 3 atom stereocenters. The lowest BCUT2D eigenvalue weighted by Gasteiger charge is -2.21. The van der Waals surface area contributed by atoms with Gasteiger partial charge in [-0.25, -0.2) is 0 Å². The van der Waals surface area contributed by atoms with Gasteiger partial charge in [-0.05, 0) is 29.1 Å². The van der Waals surface area contributed by atoms with Crippen LogP contribution in [0.1, 0.15) is 54.4 Å². The molecule has 0 aromatic heterocycles. The first-order valence-corrected chi connectivity index (χ1v) is 5.41. The van der Waals surface area contributed by atoms with Gasteiger partial charge in [0.1, 0.15) is 0 Å². The van der Waals surface area contributed by atoms with Crippen molar-refractivity contribution >= 4 is 0 Å². The van der Waals surface area contributed by atoms with Crippen LogP contribution in [0.3, 0.4) is 0 Å². The Balaban J connectivity index is 2.73. The summed E-state index contributed by atoms with van der Waals surface area (Å²) in [7, 11) is 0. The SMILES string of the molecule is CCCC1(C)C(C)C1(C)C(C)C. The molecule has 72 valence electrons. The molecule has 0 N–H and O–H groups in total. The van der Waals surface area contributed by atoms with Gasteiger partial charge in [0.15, 0.2) is 0 Å². The zero-order valence-corrected chi connectivity index (χ0v) is 9.57. The van der Waals surface area contributed by atoms with Gasteiger partial charge in [0.25, 0.3) is 0 Å². The molecule has 0 bridgehead atoms. The summed E-state index contributed by atoms with van der Waals surface area (Å²) in [4.78, 5) is 0. The van der Waals surface area contributed by atoms with E-state index in [1.54, 1.807) is 0 Å². The van der Waals surface area contributed by atoms with Gasteiger partial charge >= 0.3 is 0 Å². The van der Waals surface area contributed by atoms with E-state index in [-0.39, 0.29) is 0 Å². The first kappa shape index (κ1) is 10.1. The summed E-state index contributed by atoms with van der Waals surface area (Å²) in [5.41, 5.74) is 1.25. The maximum absolute atomic E-state index is 2.47. The topological polar surface area (TPSA) is 0 Å². The molecule has 0 amide bonds. The van der Waals surface area contributed by atoms with Crippen molar-refractivity contribution < 1.29 is 0 Å². The summed E-state index contributed by atoms with van der Waals surface area (Å²) in [5.74, 6) is 1.76. The molecule has 0 aromatic rings. The zero-order valence-electron chi connectivity index (χ0n) is 9.57. The third kappa shape index (κ3) is 0.963. The van der Waals surface area contributed by atoms with E-state index in [4.69, 9.17) is 0 Å². The van der Waals surface area contributed by atoms with Crippen molar-refractivity contribution in [2.24, 2.45) is 22.7 Å². The lowest BCUT2D eigenvalue weighted by Crippen LogP contribution is -2.14. The quantitative estimate of drug-likeness (QED) is 0.595. The van der Waals surface area contributed by atoms with Crippen molar-refractivity contribution in [3.63, 3.8) is 0 Å². The minimum absolute atomic E-state index is 0.614. The molecule has 12 heavy (non-hydrogen) atoms. The van der Waals surface area contributed by atoms with E-state index in [0.717, 1.165) is 11.8 Å². The largest absolute Gasteiger partial charge is 0.0654 e. The van der Waals surface area contributed by atoms with Gasteiger partial charge in [0.2, 0.25) is 0 Å². The van der Waals surface area contributed by atoms with Crippen LogP contribution >= 0.6 is 0 Å². The van der Waals surface area contributed by atoms with Crippen molar-refractivity contribution in [3.05, 3.63) is 0 Å². The van der Waals surface area contributed by atoms with E-state index in [1.165, 1.54) is 12.8 Å². The van der Waals surface area contributed by atoms with Gasteiger partial charge in [-0.2, -0.15) is 0 Å². The van der Waals surface area contributed by atoms with Crippen LogP contribution < -0.4 is 0 Å². The second kappa shape index (κ2) is 2.75. The normalized spacial score (nSPS) is 46.8. The first-order valence-electron chi connectivity index (χ1n) is 5.41. The van der Waals surface area contributed by atoms with E-state index in [9.17, 15) is 0 Å². The standard InChI is InChI=1S/C12H24/c1-7-8-11(5)10(4)12(11,6)9(2)3/h9-10H,7-8H2,1-6H3. The van der Waals surface area contributed by atoms with Gasteiger partial charge in [0, 0.05) is 0 Å². The summed E-state index contributed by atoms with van der Waals surface area (Å²) in [6.45, 7) is 14.4. The maximum atomic E-state index is 2.47. The van der Waals surface area contributed by atoms with E-state index in [2.05, 4.69) is 41.5 Å². The van der Waals surface area contributed by atoms with Crippen molar-refractivity contribution in [1.82, 2.24) is 0 Å². The molecule has 0 heterocycles. The molecule has 0 nitrogen and oxygen atoms in total. The van der Waals surface area contributed by atoms with Crippen LogP contribution in [0.25, 0.3) is 0 Å². The minimum atomic E-state index is 0.614. The van der Waals surface area contributed by atoms with Gasteiger partial charge in [-0.1, -0.05) is 48.0 Å². The highest BCUT2D eigenvalue weighted by atomic mass is 14.7. The van der Waals surface area contributed by atoms with Crippen LogP contribution in [0, 0.1) is 22.7 Å². The van der Waals surface area contributed by atoms with E-state index in [1.807, 2.05) is 0 Å². The molecule has 0 spiro atoms. The lowest BCUT2D eigenvalue weighted by molar-refractivity contribution is 0.277. The Kier molecular flexibility index (Phi) is 2.31. The molecule has 1 rings (SSSR count). The molecule has 1 aliphatic rings. The van der Waals surface area contributed by atoms with Crippen LogP contribution in [-0.2, 0) is 0 Å². The van der Waals surface area contributed by atoms with Gasteiger partial charge < -0.3 is 0 Å². The fraction of sp³-hybridized carbons (Fsp3) is 1.00. The molecule has 1 fully saturated rings. The monoisotopic (exact) mass is 168 g/mol. The Morgan fingerprint density at radius 2 is 1.75 bits per heavy atom. The average molecular weight is 168 g/mol. The fourth-order valence-electron chi connectivity index (χ4n) is 3.35. The fourth-order valence-corrected chi connectivity index (χ4v) is 3.35. The van der Waals surface area contributed by atoms with Gasteiger partial charge in [-0.3, -0.25) is 0 Å². The van der Waals surface area contributed by atoms with Crippen molar-refractivity contribution in [2.75, 3.05) is 0 Å². The minimum Gasteiger partial charge on any atom is -0.0654 e.